The molecule has 24 heavy (non-hydrogen) atoms. The summed E-state index contributed by atoms with van der Waals surface area (Å²) < 4.78 is 18.7. The summed E-state index contributed by atoms with van der Waals surface area (Å²) in [6.45, 7) is 5.71. The number of nitrogens with one attached hydrogen (secondary N) is 2. The van der Waals surface area contributed by atoms with Crippen molar-refractivity contribution in [3.05, 3.63) is 57.5 Å². The number of quaternary nitrogens is 1. The van der Waals surface area contributed by atoms with E-state index in [-0.39, 0.29) is 17.8 Å². The molecule has 1 amide bonds. The Balaban J connectivity index is 1.71. The van der Waals surface area contributed by atoms with E-state index in [2.05, 4.69) is 5.32 Å². The summed E-state index contributed by atoms with van der Waals surface area (Å²) in [5.74, 6) is -0.291. The Bertz CT molecular complexity index is 681. The second-order valence-corrected chi connectivity index (χ2v) is 7.28. The maximum absolute atomic E-state index is 13.2. The Morgan fingerprint density at radius 1 is 1.25 bits per heavy atom. The van der Waals surface area contributed by atoms with Gasteiger partial charge in [-0.05, 0) is 31.2 Å². The topological polar surface area (TPSA) is 42.8 Å². The van der Waals surface area contributed by atoms with E-state index >= 15 is 0 Å². The molecule has 1 aliphatic rings. The minimum absolute atomic E-state index is 0.0483. The Morgan fingerprint density at radius 2 is 1.96 bits per heavy atom. The van der Waals surface area contributed by atoms with Crippen LogP contribution in [0.4, 0.5) is 4.39 Å². The van der Waals surface area contributed by atoms with E-state index < -0.39 is 0 Å². The van der Waals surface area contributed by atoms with Crippen LogP contribution in [0.15, 0.2) is 36.4 Å². The van der Waals surface area contributed by atoms with E-state index in [1.54, 1.807) is 0 Å². The second kappa shape index (κ2) is 7.88. The molecule has 2 aromatic rings. The van der Waals surface area contributed by atoms with E-state index in [4.69, 9.17) is 4.74 Å². The lowest BCUT2D eigenvalue weighted by Crippen LogP contribution is -3.15. The van der Waals surface area contributed by atoms with Gasteiger partial charge in [-0.25, -0.2) is 4.39 Å². The number of carbonyl (C=O) groups excluding carboxylic acids is 1. The van der Waals surface area contributed by atoms with Gasteiger partial charge in [-0.2, -0.15) is 0 Å². The molecular formula is C18H22FN2O2S+. The van der Waals surface area contributed by atoms with Crippen molar-refractivity contribution < 1.29 is 18.8 Å². The number of benzene rings is 1. The van der Waals surface area contributed by atoms with Crippen LogP contribution in [0.5, 0.6) is 0 Å². The van der Waals surface area contributed by atoms with Crippen LogP contribution >= 0.6 is 11.3 Å². The highest BCUT2D eigenvalue weighted by molar-refractivity contribution is 7.13. The van der Waals surface area contributed by atoms with Gasteiger partial charge in [0, 0.05) is 10.4 Å². The zero-order valence-corrected chi connectivity index (χ0v) is 14.5. The van der Waals surface area contributed by atoms with Crippen molar-refractivity contribution >= 4 is 17.2 Å². The molecule has 6 heteroatoms. The van der Waals surface area contributed by atoms with Gasteiger partial charge in [-0.15, -0.1) is 11.3 Å². The maximum Gasteiger partial charge on any atom is 0.261 e. The van der Waals surface area contributed by atoms with Crippen LogP contribution in [0.1, 0.15) is 26.2 Å². The normalized spacial score (nSPS) is 16.8. The first kappa shape index (κ1) is 17.1. The van der Waals surface area contributed by atoms with Crippen molar-refractivity contribution in [3.63, 3.8) is 0 Å². The summed E-state index contributed by atoms with van der Waals surface area (Å²) in [5.41, 5.74) is 1.04. The van der Waals surface area contributed by atoms with Gasteiger partial charge in [0.25, 0.3) is 5.91 Å². The number of amides is 1. The first-order chi connectivity index (χ1) is 11.6. The molecule has 0 spiro atoms. The van der Waals surface area contributed by atoms with Crippen LogP contribution in [0.3, 0.4) is 0 Å². The molecule has 0 unspecified atom stereocenters. The molecule has 0 radical (unpaired) electrons. The summed E-state index contributed by atoms with van der Waals surface area (Å²) in [6.07, 6.45) is 0. The fourth-order valence-electron chi connectivity index (χ4n) is 3.01. The highest BCUT2D eigenvalue weighted by Gasteiger charge is 2.27. The monoisotopic (exact) mass is 349 g/mol. The van der Waals surface area contributed by atoms with Crippen LogP contribution < -0.4 is 10.2 Å². The Hall–Kier alpha value is -1.76. The molecule has 1 aromatic carbocycles. The van der Waals surface area contributed by atoms with Crippen molar-refractivity contribution in [2.45, 2.75) is 13.0 Å². The zero-order valence-electron chi connectivity index (χ0n) is 13.7. The summed E-state index contributed by atoms with van der Waals surface area (Å²) in [4.78, 5) is 15.5. The molecule has 1 fully saturated rings. The Kier molecular flexibility index (Phi) is 5.60. The Labute approximate surface area is 145 Å². The maximum atomic E-state index is 13.2. The van der Waals surface area contributed by atoms with Crippen molar-refractivity contribution in [2.24, 2.45) is 0 Å². The second-order valence-electron chi connectivity index (χ2n) is 6.00. The SMILES string of the molecule is Cc1ccc(C(=O)NC[C@H](c2ccc(F)cc2)[NH+]2CCOCC2)s1. The van der Waals surface area contributed by atoms with Gasteiger partial charge in [0.05, 0.1) is 24.6 Å². The molecule has 4 nitrogen and oxygen atoms in total. The van der Waals surface area contributed by atoms with E-state index in [0.29, 0.717) is 19.8 Å². The van der Waals surface area contributed by atoms with Crippen LogP contribution in [0.25, 0.3) is 0 Å². The van der Waals surface area contributed by atoms with Crippen LogP contribution in [0, 0.1) is 12.7 Å². The largest absolute Gasteiger partial charge is 0.370 e. The first-order valence-electron chi connectivity index (χ1n) is 8.16. The van der Waals surface area contributed by atoms with Gasteiger partial charge in [0.1, 0.15) is 24.9 Å². The predicted molar refractivity (Wildman–Crippen MR) is 92.0 cm³/mol. The predicted octanol–water partition coefficient (Wildman–Crippen LogP) is 1.58. The molecule has 1 aromatic heterocycles. The molecule has 2 N–H and O–H groups in total. The van der Waals surface area contributed by atoms with E-state index in [1.165, 1.54) is 28.4 Å². The molecule has 128 valence electrons. The van der Waals surface area contributed by atoms with Gasteiger partial charge in [-0.3, -0.25) is 4.79 Å². The summed E-state index contributed by atoms with van der Waals surface area (Å²) in [6, 6.07) is 10.5. The van der Waals surface area contributed by atoms with Crippen molar-refractivity contribution in [1.82, 2.24) is 5.32 Å². The highest BCUT2D eigenvalue weighted by Crippen LogP contribution is 2.15. The standard InChI is InChI=1S/C18H21FN2O2S/c1-13-2-7-17(24-13)18(22)20-12-16(21-8-10-23-11-9-21)14-3-5-15(19)6-4-14/h2-7,16H,8-12H2,1H3,(H,20,22)/p+1/t16-/m1/s1. The molecule has 1 atom stereocenters. The van der Waals surface area contributed by atoms with Gasteiger partial charge < -0.3 is 15.0 Å². The molecule has 0 bridgehead atoms. The lowest BCUT2D eigenvalue weighted by molar-refractivity contribution is -0.937. The first-order valence-corrected chi connectivity index (χ1v) is 8.97. The number of carbonyl (C=O) groups is 1. The van der Waals surface area contributed by atoms with Crippen molar-refractivity contribution in [1.29, 1.82) is 0 Å². The van der Waals surface area contributed by atoms with E-state index in [9.17, 15) is 9.18 Å². The quantitative estimate of drug-likeness (QED) is 0.861. The summed E-state index contributed by atoms with van der Waals surface area (Å²) in [5, 5.41) is 3.04. The summed E-state index contributed by atoms with van der Waals surface area (Å²) in [7, 11) is 0. The van der Waals surface area contributed by atoms with Crippen LogP contribution in [-0.2, 0) is 4.74 Å². The molecular weight excluding hydrogens is 327 g/mol. The number of rotatable bonds is 5. The molecule has 2 heterocycles. The van der Waals surface area contributed by atoms with Crippen LogP contribution in [0.2, 0.25) is 0 Å². The van der Waals surface area contributed by atoms with Crippen LogP contribution in [-0.4, -0.2) is 38.8 Å². The third-order valence-corrected chi connectivity index (χ3v) is 5.33. The molecule has 0 aliphatic carbocycles. The van der Waals surface area contributed by atoms with Crippen molar-refractivity contribution in [3.8, 4) is 0 Å². The fraction of sp³-hybridized carbons (Fsp3) is 0.389. The molecule has 1 saturated heterocycles. The summed E-state index contributed by atoms with van der Waals surface area (Å²) >= 11 is 1.49. The molecule has 0 saturated carbocycles. The number of halogens is 1. The van der Waals surface area contributed by atoms with Crippen molar-refractivity contribution in [2.75, 3.05) is 32.8 Å². The number of morpholine rings is 1. The molecule has 1 aliphatic heterocycles. The average Bonchev–Trinajstić information content (AvgIpc) is 3.04. The average molecular weight is 349 g/mol. The van der Waals surface area contributed by atoms with Gasteiger partial charge in [0.2, 0.25) is 0 Å². The van der Waals surface area contributed by atoms with E-state index in [0.717, 1.165) is 28.4 Å². The van der Waals surface area contributed by atoms with E-state index in [1.807, 2.05) is 31.2 Å². The lowest BCUT2D eigenvalue weighted by Gasteiger charge is -2.32. The fourth-order valence-corrected chi connectivity index (χ4v) is 3.80. The number of aryl methyl sites for hydroxylation is 1. The minimum atomic E-state index is -0.243. The number of thiophene rings is 1. The minimum Gasteiger partial charge on any atom is -0.370 e. The van der Waals surface area contributed by atoms with Gasteiger partial charge >= 0.3 is 0 Å². The number of hydrogen-bond acceptors (Lipinski definition) is 3. The third kappa shape index (κ3) is 4.20. The third-order valence-electron chi connectivity index (χ3n) is 4.33. The highest BCUT2D eigenvalue weighted by atomic mass is 32.1. The Morgan fingerprint density at radius 3 is 2.58 bits per heavy atom. The molecule has 3 rings (SSSR count). The number of ether oxygens (including phenoxy) is 1. The number of hydrogen-bond donors (Lipinski definition) is 2. The zero-order chi connectivity index (χ0) is 16.9. The van der Waals surface area contributed by atoms with Gasteiger partial charge in [-0.1, -0.05) is 12.1 Å². The van der Waals surface area contributed by atoms with Gasteiger partial charge in [0.15, 0.2) is 0 Å². The lowest BCUT2D eigenvalue weighted by atomic mass is 10.0. The smallest absolute Gasteiger partial charge is 0.261 e.